The second-order valence-electron chi connectivity index (χ2n) is 5.75. The summed E-state index contributed by atoms with van der Waals surface area (Å²) in [4.78, 5) is 16.7. The number of rotatable bonds is 8. The van der Waals surface area contributed by atoms with E-state index in [-0.39, 0.29) is 5.78 Å². The Kier molecular flexibility index (Phi) is 6.89. The van der Waals surface area contributed by atoms with E-state index >= 15 is 0 Å². The molecule has 0 aliphatic heterocycles. The highest BCUT2D eigenvalue weighted by atomic mass is 16.1. The average molecular weight is 276 g/mol. The number of aryl methyl sites for hydroxylation is 2. The molecule has 0 atom stereocenters. The summed E-state index contributed by atoms with van der Waals surface area (Å²) in [7, 11) is 4.16. The first-order valence-electron chi connectivity index (χ1n) is 7.41. The number of Topliss-reactive ketones (excluding diaryl/α,β-unsaturated/α-hetero) is 1. The van der Waals surface area contributed by atoms with Gasteiger partial charge in [-0.15, -0.1) is 0 Å². The highest BCUT2D eigenvalue weighted by Crippen LogP contribution is 2.11. The van der Waals surface area contributed by atoms with Crippen molar-refractivity contribution in [3.8, 4) is 0 Å². The van der Waals surface area contributed by atoms with Gasteiger partial charge in [0.05, 0.1) is 6.54 Å². The van der Waals surface area contributed by atoms with E-state index in [2.05, 4.69) is 44.7 Å². The Hall–Kier alpha value is -1.19. The largest absolute Gasteiger partial charge is 0.309 e. The minimum Gasteiger partial charge on any atom is -0.309 e. The Bertz CT molecular complexity index is 441. The SMILES string of the molecule is CCN(CCCN(C)C)CC(=O)c1ccc(C)c(C)c1. The van der Waals surface area contributed by atoms with Crippen LogP contribution in [0.15, 0.2) is 18.2 Å². The van der Waals surface area contributed by atoms with E-state index in [0.717, 1.165) is 31.6 Å². The van der Waals surface area contributed by atoms with Gasteiger partial charge in [-0.2, -0.15) is 0 Å². The quantitative estimate of drug-likeness (QED) is 0.682. The molecule has 3 heteroatoms. The third kappa shape index (κ3) is 5.43. The van der Waals surface area contributed by atoms with Crippen LogP contribution in [0.1, 0.15) is 34.8 Å². The Morgan fingerprint density at radius 3 is 2.35 bits per heavy atom. The molecule has 0 aliphatic carbocycles. The van der Waals surface area contributed by atoms with Gasteiger partial charge in [0.15, 0.2) is 5.78 Å². The van der Waals surface area contributed by atoms with Gasteiger partial charge in [0.2, 0.25) is 0 Å². The molecule has 0 bridgehead atoms. The molecule has 0 aromatic heterocycles. The molecule has 0 spiro atoms. The number of benzene rings is 1. The van der Waals surface area contributed by atoms with Gasteiger partial charge < -0.3 is 4.90 Å². The van der Waals surface area contributed by atoms with Crippen molar-refractivity contribution in [1.82, 2.24) is 9.80 Å². The van der Waals surface area contributed by atoms with Crippen molar-refractivity contribution in [3.63, 3.8) is 0 Å². The maximum absolute atomic E-state index is 12.3. The van der Waals surface area contributed by atoms with Crippen LogP contribution in [0.2, 0.25) is 0 Å². The van der Waals surface area contributed by atoms with Crippen molar-refractivity contribution >= 4 is 5.78 Å². The van der Waals surface area contributed by atoms with Crippen molar-refractivity contribution in [1.29, 1.82) is 0 Å². The smallest absolute Gasteiger partial charge is 0.176 e. The van der Waals surface area contributed by atoms with Gasteiger partial charge in [-0.1, -0.05) is 19.1 Å². The molecule has 0 fully saturated rings. The van der Waals surface area contributed by atoms with Crippen LogP contribution in [0, 0.1) is 13.8 Å². The zero-order valence-corrected chi connectivity index (χ0v) is 13.6. The van der Waals surface area contributed by atoms with Crippen molar-refractivity contribution in [2.75, 3.05) is 40.3 Å². The predicted molar refractivity (Wildman–Crippen MR) is 85.5 cm³/mol. The second-order valence-corrected chi connectivity index (χ2v) is 5.75. The third-order valence-corrected chi connectivity index (χ3v) is 3.72. The molecule has 3 nitrogen and oxygen atoms in total. The van der Waals surface area contributed by atoms with Crippen molar-refractivity contribution in [2.24, 2.45) is 0 Å². The number of nitrogens with zero attached hydrogens (tertiary/aromatic N) is 2. The Morgan fingerprint density at radius 2 is 1.80 bits per heavy atom. The molecule has 0 unspecified atom stereocenters. The van der Waals surface area contributed by atoms with Gasteiger partial charge in [-0.05, 0) is 71.2 Å². The summed E-state index contributed by atoms with van der Waals surface area (Å²) >= 11 is 0. The van der Waals surface area contributed by atoms with Crippen LogP contribution < -0.4 is 0 Å². The Morgan fingerprint density at radius 1 is 1.10 bits per heavy atom. The molecule has 1 aromatic rings. The van der Waals surface area contributed by atoms with Crippen LogP contribution in [0.4, 0.5) is 0 Å². The van der Waals surface area contributed by atoms with E-state index in [1.165, 1.54) is 11.1 Å². The van der Waals surface area contributed by atoms with Crippen molar-refractivity contribution in [2.45, 2.75) is 27.2 Å². The van der Waals surface area contributed by atoms with E-state index < -0.39 is 0 Å². The van der Waals surface area contributed by atoms with Crippen LogP contribution in [0.25, 0.3) is 0 Å². The summed E-state index contributed by atoms with van der Waals surface area (Å²) in [6.07, 6.45) is 1.10. The lowest BCUT2D eigenvalue weighted by atomic mass is 10.0. The summed E-state index contributed by atoms with van der Waals surface area (Å²) in [5.74, 6) is 0.222. The van der Waals surface area contributed by atoms with Gasteiger partial charge in [-0.25, -0.2) is 0 Å². The summed E-state index contributed by atoms with van der Waals surface area (Å²) < 4.78 is 0. The predicted octanol–water partition coefficient (Wildman–Crippen LogP) is 2.76. The molecule has 112 valence electrons. The highest BCUT2D eigenvalue weighted by Gasteiger charge is 2.11. The van der Waals surface area contributed by atoms with Crippen LogP contribution in [-0.4, -0.2) is 55.9 Å². The fourth-order valence-corrected chi connectivity index (χ4v) is 2.17. The molecule has 0 heterocycles. The number of ketones is 1. The second kappa shape index (κ2) is 8.18. The van der Waals surface area contributed by atoms with Gasteiger partial charge in [0.1, 0.15) is 0 Å². The number of carbonyl (C=O) groups excluding carboxylic acids is 1. The monoisotopic (exact) mass is 276 g/mol. The fraction of sp³-hybridized carbons (Fsp3) is 0.588. The van der Waals surface area contributed by atoms with E-state index in [1.807, 2.05) is 18.2 Å². The van der Waals surface area contributed by atoms with Crippen LogP contribution in [-0.2, 0) is 0 Å². The van der Waals surface area contributed by atoms with Gasteiger partial charge in [0, 0.05) is 5.56 Å². The summed E-state index contributed by atoms with van der Waals surface area (Å²) in [6, 6.07) is 5.98. The molecule has 1 rings (SSSR count). The molecule has 0 saturated carbocycles. The van der Waals surface area contributed by atoms with Crippen molar-refractivity contribution < 1.29 is 4.79 Å². The fourth-order valence-electron chi connectivity index (χ4n) is 2.17. The lowest BCUT2D eigenvalue weighted by molar-refractivity contribution is 0.0931. The molecular weight excluding hydrogens is 248 g/mol. The van der Waals surface area contributed by atoms with Gasteiger partial charge >= 0.3 is 0 Å². The van der Waals surface area contributed by atoms with Crippen molar-refractivity contribution in [3.05, 3.63) is 34.9 Å². The summed E-state index contributed by atoms with van der Waals surface area (Å²) in [5.41, 5.74) is 3.26. The minimum atomic E-state index is 0.222. The summed E-state index contributed by atoms with van der Waals surface area (Å²) in [5, 5.41) is 0. The number of carbonyl (C=O) groups is 1. The first-order chi connectivity index (χ1) is 9.43. The molecule has 0 amide bonds. The molecule has 0 N–H and O–H groups in total. The first-order valence-corrected chi connectivity index (χ1v) is 7.41. The standard InChI is InChI=1S/C17H28N2O/c1-6-19(11-7-10-18(4)5)13-17(20)16-9-8-14(2)15(3)12-16/h8-9,12H,6-7,10-11,13H2,1-5H3. The molecular formula is C17H28N2O. The maximum Gasteiger partial charge on any atom is 0.176 e. The van der Waals surface area contributed by atoms with E-state index in [0.29, 0.717) is 6.54 Å². The maximum atomic E-state index is 12.3. The van der Waals surface area contributed by atoms with E-state index in [9.17, 15) is 4.79 Å². The molecule has 1 aromatic carbocycles. The normalized spacial score (nSPS) is 11.3. The third-order valence-electron chi connectivity index (χ3n) is 3.72. The number of likely N-dealkylation sites (N-methyl/N-ethyl adjacent to an activating group) is 1. The highest BCUT2D eigenvalue weighted by molar-refractivity contribution is 5.97. The van der Waals surface area contributed by atoms with Crippen LogP contribution in [0.3, 0.4) is 0 Å². The first kappa shape index (κ1) is 16.9. The molecule has 20 heavy (non-hydrogen) atoms. The Labute approximate surface area is 123 Å². The van der Waals surface area contributed by atoms with E-state index in [1.54, 1.807) is 0 Å². The lowest BCUT2D eigenvalue weighted by Crippen LogP contribution is -2.32. The van der Waals surface area contributed by atoms with E-state index in [4.69, 9.17) is 0 Å². The van der Waals surface area contributed by atoms with Gasteiger partial charge in [-0.3, -0.25) is 9.69 Å². The number of hydrogen-bond donors (Lipinski definition) is 0. The topological polar surface area (TPSA) is 23.6 Å². The van der Waals surface area contributed by atoms with Gasteiger partial charge in [0.25, 0.3) is 0 Å². The number of hydrogen-bond acceptors (Lipinski definition) is 3. The molecule has 0 saturated heterocycles. The molecule has 0 radical (unpaired) electrons. The van der Waals surface area contributed by atoms with Crippen LogP contribution >= 0.6 is 0 Å². The minimum absolute atomic E-state index is 0.222. The van der Waals surface area contributed by atoms with Crippen LogP contribution in [0.5, 0.6) is 0 Å². The zero-order valence-electron chi connectivity index (χ0n) is 13.6. The Balaban J connectivity index is 2.55. The average Bonchev–Trinajstić information content (AvgIpc) is 2.40. The lowest BCUT2D eigenvalue weighted by Gasteiger charge is -2.20. The summed E-state index contributed by atoms with van der Waals surface area (Å²) in [6.45, 7) is 9.73. The molecule has 0 aliphatic rings. The zero-order chi connectivity index (χ0) is 15.1.